The molecule has 17 nitrogen and oxygen atoms in total. The second-order valence-corrected chi connectivity index (χ2v) is 10.3. The number of carboxylic acids is 1. The molecule has 2 aliphatic heterocycles. The van der Waals surface area contributed by atoms with Crippen LogP contribution in [0.1, 0.15) is 19.5 Å². The second kappa shape index (κ2) is 9.84. The van der Waals surface area contributed by atoms with E-state index < -0.39 is 76.8 Å². The molecule has 2 aliphatic rings. The number of nitrogens with two attached hydrogens (primary N) is 1. The number of ether oxygens (including phenoxy) is 1. The van der Waals surface area contributed by atoms with Gasteiger partial charge in [-0.2, -0.15) is 8.42 Å². The lowest BCUT2D eigenvalue weighted by molar-refractivity contribution is -0.161. The molecule has 6 N–H and O–H groups in total. The summed E-state index contributed by atoms with van der Waals surface area (Å²) in [4.78, 5) is 58.7. The molecule has 0 aromatic carbocycles. The number of carboxylic acid groups (broad SMARTS) is 1. The van der Waals surface area contributed by atoms with E-state index >= 15 is 0 Å². The van der Waals surface area contributed by atoms with Crippen molar-refractivity contribution in [1.82, 2.24) is 19.5 Å². The van der Waals surface area contributed by atoms with Crippen molar-refractivity contribution in [2.75, 3.05) is 25.4 Å². The summed E-state index contributed by atoms with van der Waals surface area (Å²) in [6, 6.07) is -3.01. The van der Waals surface area contributed by atoms with Gasteiger partial charge in [0.15, 0.2) is 10.8 Å². The highest BCUT2D eigenvalue weighted by molar-refractivity contribution is 7.84. The number of amides is 3. The zero-order chi connectivity index (χ0) is 27.0. The maximum absolute atomic E-state index is 13.0. The maximum atomic E-state index is 13.0. The molecule has 198 valence electrons. The number of cyclic esters (lactones) is 1. The van der Waals surface area contributed by atoms with Gasteiger partial charge >= 0.3 is 22.4 Å². The van der Waals surface area contributed by atoms with Gasteiger partial charge in [-0.05, 0) is 13.8 Å². The summed E-state index contributed by atoms with van der Waals surface area (Å²) in [5, 5.41) is 25.5. The third-order valence-electron chi connectivity index (χ3n) is 5.13. The SMILES string of the molecule is CC(C)(O/N=C(\C(=O)NC1C(=O)N(S(=O)(=O)O)C1CN1CC(CO)OC1=O)c1csc(N)n1)C(=O)O. The molecule has 3 heterocycles. The predicted molar refractivity (Wildman–Crippen MR) is 119 cm³/mol. The molecule has 0 bridgehead atoms. The molecule has 0 radical (unpaired) electrons. The average Bonchev–Trinajstić information content (AvgIpc) is 3.35. The van der Waals surface area contributed by atoms with Crippen molar-refractivity contribution in [2.45, 2.75) is 37.6 Å². The van der Waals surface area contributed by atoms with E-state index in [0.717, 1.165) is 30.1 Å². The van der Waals surface area contributed by atoms with E-state index in [1.165, 1.54) is 5.38 Å². The van der Waals surface area contributed by atoms with Crippen molar-refractivity contribution in [3.63, 3.8) is 0 Å². The molecule has 1 aromatic heterocycles. The first-order valence-corrected chi connectivity index (χ1v) is 12.3. The van der Waals surface area contributed by atoms with E-state index in [1.54, 1.807) is 0 Å². The Kier molecular flexibility index (Phi) is 7.39. The highest BCUT2D eigenvalue weighted by Gasteiger charge is 2.55. The van der Waals surface area contributed by atoms with Crippen molar-refractivity contribution in [3.8, 4) is 0 Å². The van der Waals surface area contributed by atoms with Gasteiger partial charge < -0.3 is 35.7 Å². The zero-order valence-corrected chi connectivity index (χ0v) is 20.4. The Labute approximate surface area is 207 Å². The minimum absolute atomic E-state index is 0.0316. The summed E-state index contributed by atoms with van der Waals surface area (Å²) in [6.45, 7) is 1.20. The summed E-state index contributed by atoms with van der Waals surface area (Å²) >= 11 is 0.925. The fraction of sp³-hybridized carbons (Fsp3) is 0.529. The summed E-state index contributed by atoms with van der Waals surface area (Å²) < 4.78 is 37.9. The van der Waals surface area contributed by atoms with Gasteiger partial charge in [0.25, 0.3) is 11.8 Å². The lowest BCUT2D eigenvalue weighted by atomic mass is 9.97. The summed E-state index contributed by atoms with van der Waals surface area (Å²) in [5.41, 5.74) is 3.03. The lowest BCUT2D eigenvalue weighted by Gasteiger charge is -2.45. The van der Waals surface area contributed by atoms with Gasteiger partial charge in [0.05, 0.1) is 19.2 Å². The number of nitrogen functional groups attached to an aromatic ring is 1. The average molecular weight is 551 g/mol. The van der Waals surface area contributed by atoms with E-state index in [0.29, 0.717) is 0 Å². The third kappa shape index (κ3) is 5.48. The molecule has 0 aliphatic carbocycles. The van der Waals surface area contributed by atoms with Crippen molar-refractivity contribution < 1.29 is 51.9 Å². The predicted octanol–water partition coefficient (Wildman–Crippen LogP) is -2.38. The lowest BCUT2D eigenvalue weighted by Crippen LogP contribution is -2.74. The quantitative estimate of drug-likeness (QED) is 0.0884. The van der Waals surface area contributed by atoms with Crippen molar-refractivity contribution in [2.24, 2.45) is 5.16 Å². The number of carbonyl (C=O) groups excluding carboxylic acids is 3. The van der Waals surface area contributed by atoms with E-state index in [4.69, 9.17) is 15.3 Å². The molecule has 0 saturated carbocycles. The summed E-state index contributed by atoms with van der Waals surface area (Å²) in [5.74, 6) is -3.73. The highest BCUT2D eigenvalue weighted by atomic mass is 32.2. The van der Waals surface area contributed by atoms with Crippen LogP contribution in [0.15, 0.2) is 10.5 Å². The number of nitrogens with zero attached hydrogens (tertiary/aromatic N) is 4. The zero-order valence-electron chi connectivity index (χ0n) is 18.7. The van der Waals surface area contributed by atoms with Gasteiger partial charge in [0.2, 0.25) is 5.60 Å². The topological polar surface area (TPSA) is 251 Å². The molecule has 0 spiro atoms. The van der Waals surface area contributed by atoms with Crippen LogP contribution in [-0.4, -0.2) is 110 Å². The number of carbonyl (C=O) groups is 4. The van der Waals surface area contributed by atoms with Crippen LogP contribution in [0.25, 0.3) is 0 Å². The number of aliphatic hydroxyl groups is 1. The number of oxime groups is 1. The van der Waals surface area contributed by atoms with E-state index in [2.05, 4.69) is 15.5 Å². The van der Waals surface area contributed by atoms with Crippen LogP contribution in [0.3, 0.4) is 0 Å². The largest absolute Gasteiger partial charge is 0.478 e. The number of hydrogen-bond donors (Lipinski definition) is 5. The number of nitrogens with one attached hydrogen (secondary N) is 1. The van der Waals surface area contributed by atoms with Gasteiger partial charge in [-0.15, -0.1) is 11.3 Å². The number of rotatable bonds is 10. The number of anilines is 1. The Hall–Kier alpha value is -3.55. The van der Waals surface area contributed by atoms with Gasteiger partial charge in [0.1, 0.15) is 17.8 Å². The molecule has 3 unspecified atom stereocenters. The van der Waals surface area contributed by atoms with E-state index in [9.17, 15) is 42.4 Å². The first-order chi connectivity index (χ1) is 16.7. The van der Waals surface area contributed by atoms with Crippen LogP contribution in [0.4, 0.5) is 9.93 Å². The molecule has 36 heavy (non-hydrogen) atoms. The standard InChI is InChI=1S/C17H22N6O11S2/c1-17(2,14(27)28)34-21-10(8-6-35-15(18)19-8)12(25)20-11-9(23(13(11)26)36(30,31)32)4-22-3-7(5-24)33-16(22)29/h6-7,9,11,24H,3-5H2,1-2H3,(H2,18,19)(H,20,25)(H,27,28)(H,30,31,32)/b21-10-. The van der Waals surface area contributed by atoms with Crippen LogP contribution in [0.5, 0.6) is 0 Å². The van der Waals surface area contributed by atoms with Crippen LogP contribution in [0, 0.1) is 0 Å². The molecule has 3 atom stereocenters. The number of hydrogen-bond acceptors (Lipinski definition) is 13. The first kappa shape index (κ1) is 27.0. The molecular weight excluding hydrogens is 528 g/mol. The van der Waals surface area contributed by atoms with Gasteiger partial charge in [-0.25, -0.2) is 18.9 Å². The monoisotopic (exact) mass is 550 g/mol. The number of aliphatic carboxylic acids is 1. The first-order valence-electron chi connectivity index (χ1n) is 10.0. The Bertz CT molecular complexity index is 1210. The van der Waals surface area contributed by atoms with Crippen LogP contribution in [-0.2, 0) is 34.3 Å². The number of thiazole rings is 1. The van der Waals surface area contributed by atoms with E-state index in [-0.39, 0.29) is 21.7 Å². The van der Waals surface area contributed by atoms with Crippen molar-refractivity contribution >= 4 is 56.4 Å². The second-order valence-electron chi connectivity index (χ2n) is 8.14. The Morgan fingerprint density at radius 1 is 1.42 bits per heavy atom. The van der Waals surface area contributed by atoms with Crippen molar-refractivity contribution in [1.29, 1.82) is 0 Å². The number of aromatic nitrogens is 1. The molecule has 3 rings (SSSR count). The molecule has 2 saturated heterocycles. The minimum Gasteiger partial charge on any atom is -0.478 e. The van der Waals surface area contributed by atoms with Crippen LogP contribution >= 0.6 is 11.3 Å². The maximum Gasteiger partial charge on any atom is 0.410 e. The summed E-state index contributed by atoms with van der Waals surface area (Å²) in [6.07, 6.45) is -1.79. The minimum atomic E-state index is -5.06. The highest BCUT2D eigenvalue weighted by Crippen LogP contribution is 2.26. The Balaban J connectivity index is 1.86. The Morgan fingerprint density at radius 3 is 2.58 bits per heavy atom. The molecular formula is C17H22N6O11S2. The number of β-lactam (4-membered cyclic amide) rings is 1. The normalized spacial score (nSPS) is 22.8. The fourth-order valence-electron chi connectivity index (χ4n) is 3.19. The fourth-order valence-corrected chi connectivity index (χ4v) is 4.61. The Morgan fingerprint density at radius 2 is 2.08 bits per heavy atom. The molecule has 3 amide bonds. The van der Waals surface area contributed by atoms with Gasteiger partial charge in [-0.3, -0.25) is 14.1 Å². The summed E-state index contributed by atoms with van der Waals surface area (Å²) in [7, 11) is -5.06. The van der Waals surface area contributed by atoms with E-state index in [1.807, 2.05) is 0 Å². The third-order valence-corrected chi connectivity index (χ3v) is 6.75. The smallest absolute Gasteiger partial charge is 0.410 e. The molecule has 1 aromatic rings. The number of aliphatic hydroxyl groups excluding tert-OH is 1. The van der Waals surface area contributed by atoms with Gasteiger partial charge in [0, 0.05) is 11.9 Å². The van der Waals surface area contributed by atoms with Crippen molar-refractivity contribution in [3.05, 3.63) is 11.1 Å². The van der Waals surface area contributed by atoms with Gasteiger partial charge in [-0.1, -0.05) is 5.16 Å². The van der Waals surface area contributed by atoms with Crippen LogP contribution < -0.4 is 11.1 Å². The van der Waals surface area contributed by atoms with Crippen LogP contribution in [0.2, 0.25) is 0 Å². The molecule has 2 fully saturated rings. The molecule has 19 heteroatoms.